The first-order valence-electron chi connectivity index (χ1n) is 13.5. The van der Waals surface area contributed by atoms with E-state index in [1.807, 2.05) is 13.8 Å². The summed E-state index contributed by atoms with van der Waals surface area (Å²) in [5.74, 6) is 2.01. The van der Waals surface area contributed by atoms with E-state index in [1.54, 1.807) is 24.3 Å². The van der Waals surface area contributed by atoms with Gasteiger partial charge in [-0.1, -0.05) is 32.8 Å². The van der Waals surface area contributed by atoms with Gasteiger partial charge in [0.15, 0.2) is 23.0 Å². The maximum Gasteiger partial charge on any atom is 0.242 e. The molecular weight excluding hydrogens is 532 g/mol. The average molecular weight is 575 g/mol. The molecule has 0 aromatic heterocycles. The summed E-state index contributed by atoms with van der Waals surface area (Å²) in [6.45, 7) is 3.97. The van der Waals surface area contributed by atoms with Crippen LogP contribution in [-0.4, -0.2) is 64.8 Å². The van der Waals surface area contributed by atoms with Crippen LogP contribution in [0, 0.1) is 27.4 Å². The molecule has 2 aromatic rings. The van der Waals surface area contributed by atoms with Crippen molar-refractivity contribution in [3.8, 4) is 40.6 Å². The maximum atomic E-state index is 12.1. The number of nitriles is 1. The van der Waals surface area contributed by atoms with E-state index in [4.69, 9.17) is 28.4 Å². The summed E-state index contributed by atoms with van der Waals surface area (Å²) in [6, 6.07) is 7.92. The molecule has 2 aromatic carbocycles. The molecule has 3 unspecified atom stereocenters. The van der Waals surface area contributed by atoms with Crippen molar-refractivity contribution in [1.82, 2.24) is 0 Å². The Kier molecular flexibility index (Phi) is 12.3. The minimum atomic E-state index is -1.34. The molecule has 0 saturated carbocycles. The lowest BCUT2D eigenvalue weighted by molar-refractivity contribution is -0.534. The quantitative estimate of drug-likeness (QED) is 0.203. The first-order valence-corrected chi connectivity index (χ1v) is 13.5. The monoisotopic (exact) mass is 574 g/mol. The second kappa shape index (κ2) is 15.2. The predicted octanol–water partition coefficient (Wildman–Crippen LogP) is 4.96. The predicted molar refractivity (Wildman–Crippen MR) is 153 cm³/mol. The maximum absolute atomic E-state index is 12.1. The third kappa shape index (κ3) is 6.88. The van der Waals surface area contributed by atoms with Crippen molar-refractivity contribution in [1.29, 1.82) is 5.26 Å². The molecule has 0 bridgehead atoms. The summed E-state index contributed by atoms with van der Waals surface area (Å²) in [5, 5.41) is 34.1. The number of aliphatic hydroxyl groups is 1. The third-order valence-corrected chi connectivity index (χ3v) is 7.79. The minimum absolute atomic E-state index is 0.0111. The van der Waals surface area contributed by atoms with E-state index < -0.39 is 22.5 Å². The van der Waals surface area contributed by atoms with Crippen molar-refractivity contribution >= 4 is 0 Å². The Morgan fingerprint density at radius 3 is 1.93 bits per heavy atom. The average Bonchev–Trinajstić information content (AvgIpc) is 3.00. The molecule has 2 rings (SSSR count). The fraction of sp³-hybridized carbons (Fsp3) is 0.567. The molecule has 0 aliphatic heterocycles. The second-order valence-corrected chi connectivity index (χ2v) is 9.67. The van der Waals surface area contributed by atoms with E-state index in [1.165, 1.54) is 42.7 Å². The molecule has 0 aliphatic carbocycles. The highest BCUT2D eigenvalue weighted by atomic mass is 16.6. The Labute approximate surface area is 242 Å². The van der Waals surface area contributed by atoms with Gasteiger partial charge in [-0.05, 0) is 42.5 Å². The number of nitro groups is 1. The van der Waals surface area contributed by atoms with E-state index >= 15 is 0 Å². The Morgan fingerprint density at radius 2 is 1.46 bits per heavy atom. The molecule has 0 aliphatic rings. The zero-order valence-electron chi connectivity index (χ0n) is 25.2. The van der Waals surface area contributed by atoms with Crippen LogP contribution in [0.5, 0.6) is 34.5 Å². The molecule has 0 saturated heterocycles. The van der Waals surface area contributed by atoms with Gasteiger partial charge in [0, 0.05) is 16.9 Å². The van der Waals surface area contributed by atoms with Gasteiger partial charge in [-0.25, -0.2) is 0 Å². The lowest BCUT2D eigenvalue weighted by Gasteiger charge is -2.37. The highest BCUT2D eigenvalue weighted by molar-refractivity contribution is 5.65. The van der Waals surface area contributed by atoms with E-state index in [0.29, 0.717) is 52.7 Å². The minimum Gasteiger partial charge on any atom is -0.493 e. The lowest BCUT2D eigenvalue weighted by atomic mass is 9.65. The van der Waals surface area contributed by atoms with Crippen LogP contribution in [0.3, 0.4) is 0 Å². The molecule has 226 valence electrons. The molecule has 0 fully saturated rings. The van der Waals surface area contributed by atoms with E-state index in [2.05, 4.69) is 6.07 Å². The van der Waals surface area contributed by atoms with Gasteiger partial charge in [-0.2, -0.15) is 5.26 Å². The van der Waals surface area contributed by atoms with Crippen molar-refractivity contribution in [2.75, 3.05) is 42.7 Å². The van der Waals surface area contributed by atoms with Crippen LogP contribution in [0.15, 0.2) is 24.3 Å². The fourth-order valence-corrected chi connectivity index (χ4v) is 5.58. The molecule has 0 radical (unpaired) electrons. The molecule has 0 spiro atoms. The first-order chi connectivity index (χ1) is 19.7. The zero-order valence-corrected chi connectivity index (χ0v) is 25.2. The Bertz CT molecular complexity index is 1210. The van der Waals surface area contributed by atoms with Gasteiger partial charge >= 0.3 is 0 Å². The Hall–Kier alpha value is -3.91. The highest BCUT2D eigenvalue weighted by Crippen LogP contribution is 2.53. The van der Waals surface area contributed by atoms with Crippen LogP contribution < -0.4 is 28.4 Å². The summed E-state index contributed by atoms with van der Waals surface area (Å²) < 4.78 is 33.1. The fourth-order valence-electron chi connectivity index (χ4n) is 5.58. The number of benzene rings is 2. The van der Waals surface area contributed by atoms with Gasteiger partial charge in [-0.3, -0.25) is 10.1 Å². The molecule has 41 heavy (non-hydrogen) atoms. The topological polar surface area (TPSA) is 143 Å². The number of hydrogen-bond donors (Lipinski definition) is 1. The van der Waals surface area contributed by atoms with Crippen LogP contribution in [-0.2, 0) is 11.8 Å². The van der Waals surface area contributed by atoms with E-state index in [0.717, 1.165) is 0 Å². The standard InChI is InChI=1S/C30H42N2O9/c1-9-20(10-2)30(18-31,21-17-26(38-5)28(40-7)29(41-8)27(21)39-6)14-13-23(33)22(32(34)35)15-19-11-12-24(36-3)25(16-19)37-4/h11-12,16-17,20,22-23,33H,9-10,13-15H2,1-8H3. The van der Waals surface area contributed by atoms with Crippen molar-refractivity contribution in [2.45, 2.75) is 63.5 Å². The lowest BCUT2D eigenvalue weighted by Crippen LogP contribution is -2.39. The van der Waals surface area contributed by atoms with Crippen LogP contribution >= 0.6 is 0 Å². The number of ether oxygens (including phenoxy) is 6. The van der Waals surface area contributed by atoms with Crippen LogP contribution in [0.2, 0.25) is 0 Å². The molecule has 11 nitrogen and oxygen atoms in total. The molecule has 0 heterocycles. The largest absolute Gasteiger partial charge is 0.493 e. The number of nitrogens with zero attached hydrogens (tertiary/aromatic N) is 2. The molecule has 1 N–H and O–H groups in total. The van der Waals surface area contributed by atoms with Crippen LogP contribution in [0.1, 0.15) is 50.7 Å². The SMILES string of the molecule is CCC(CC)C(C#N)(CCC(O)C(Cc1ccc(OC)c(OC)c1)[N+](=O)[O-])c1cc(OC)c(OC)c(OC)c1OC. The van der Waals surface area contributed by atoms with Gasteiger partial charge in [-0.15, -0.1) is 0 Å². The van der Waals surface area contributed by atoms with E-state index in [-0.39, 0.29) is 30.9 Å². The van der Waals surface area contributed by atoms with Gasteiger partial charge < -0.3 is 33.5 Å². The number of rotatable bonds is 17. The molecule has 0 amide bonds. The third-order valence-electron chi connectivity index (χ3n) is 7.79. The Morgan fingerprint density at radius 1 is 0.878 bits per heavy atom. The molecule has 11 heteroatoms. The van der Waals surface area contributed by atoms with Crippen LogP contribution in [0.4, 0.5) is 0 Å². The molecule has 3 atom stereocenters. The smallest absolute Gasteiger partial charge is 0.242 e. The summed E-state index contributed by atoms with van der Waals surface area (Å²) in [7, 11) is 8.89. The summed E-state index contributed by atoms with van der Waals surface area (Å²) in [4.78, 5) is 11.6. The summed E-state index contributed by atoms with van der Waals surface area (Å²) in [6.07, 6.45) is 0.0277. The number of hydrogen-bond acceptors (Lipinski definition) is 10. The van der Waals surface area contributed by atoms with Gasteiger partial charge in [0.05, 0.1) is 54.1 Å². The van der Waals surface area contributed by atoms with E-state index in [9.17, 15) is 20.5 Å². The van der Waals surface area contributed by atoms with Crippen molar-refractivity contribution in [3.05, 3.63) is 45.5 Å². The number of methoxy groups -OCH3 is 6. The highest BCUT2D eigenvalue weighted by Gasteiger charge is 2.45. The van der Waals surface area contributed by atoms with Crippen molar-refractivity contribution in [3.63, 3.8) is 0 Å². The van der Waals surface area contributed by atoms with Crippen molar-refractivity contribution < 1.29 is 38.5 Å². The summed E-state index contributed by atoms with van der Waals surface area (Å²) in [5.41, 5.74) is -0.0654. The van der Waals surface area contributed by atoms with Gasteiger partial charge in [0.2, 0.25) is 17.5 Å². The van der Waals surface area contributed by atoms with Gasteiger partial charge in [0.25, 0.3) is 0 Å². The van der Waals surface area contributed by atoms with Crippen molar-refractivity contribution in [2.24, 2.45) is 5.92 Å². The summed E-state index contributed by atoms with van der Waals surface area (Å²) >= 11 is 0. The zero-order chi connectivity index (χ0) is 30.7. The van der Waals surface area contributed by atoms with Gasteiger partial charge in [0.1, 0.15) is 6.10 Å². The normalized spacial score (nSPS) is 13.9. The second-order valence-electron chi connectivity index (χ2n) is 9.67. The number of aliphatic hydroxyl groups excluding tert-OH is 1. The Balaban J connectivity index is 2.57. The first kappa shape index (κ1) is 33.3. The van der Waals surface area contributed by atoms with Crippen LogP contribution in [0.25, 0.3) is 0 Å². The molecular formula is C30H42N2O9.